The summed E-state index contributed by atoms with van der Waals surface area (Å²) in [7, 11) is 0. The molecular formula is C17H20N2O3. The quantitative estimate of drug-likeness (QED) is 0.761. The molecule has 0 aliphatic carbocycles. The highest BCUT2D eigenvalue weighted by molar-refractivity contribution is 5.95. The highest BCUT2D eigenvalue weighted by atomic mass is 16.3. The van der Waals surface area contributed by atoms with Gasteiger partial charge < -0.3 is 15.5 Å². The minimum atomic E-state index is -0.317. The third kappa shape index (κ3) is 3.55. The molecule has 22 heavy (non-hydrogen) atoms. The van der Waals surface area contributed by atoms with Gasteiger partial charge in [0.1, 0.15) is 17.2 Å². The van der Waals surface area contributed by atoms with E-state index in [1.807, 2.05) is 20.8 Å². The number of nitrogens with zero attached hydrogens (tertiary/aromatic N) is 1. The van der Waals surface area contributed by atoms with Gasteiger partial charge in [-0.3, -0.25) is 9.78 Å². The summed E-state index contributed by atoms with van der Waals surface area (Å²) in [5, 5.41) is 22.8. The molecule has 0 bridgehead atoms. The summed E-state index contributed by atoms with van der Waals surface area (Å²) >= 11 is 0. The fourth-order valence-electron chi connectivity index (χ4n) is 2.18. The number of amides is 1. The van der Waals surface area contributed by atoms with Crippen LogP contribution in [-0.2, 0) is 16.6 Å². The number of phenols is 2. The molecule has 0 atom stereocenters. The number of hydrogen-bond donors (Lipinski definition) is 3. The van der Waals surface area contributed by atoms with Crippen molar-refractivity contribution in [2.45, 2.75) is 32.6 Å². The molecule has 2 aromatic rings. The van der Waals surface area contributed by atoms with Gasteiger partial charge in [0.15, 0.2) is 0 Å². The van der Waals surface area contributed by atoms with Crippen LogP contribution in [0.15, 0.2) is 36.7 Å². The monoisotopic (exact) mass is 300 g/mol. The molecule has 0 saturated carbocycles. The topological polar surface area (TPSA) is 82.5 Å². The summed E-state index contributed by atoms with van der Waals surface area (Å²) in [6.07, 6.45) is 3.36. The maximum Gasteiger partial charge on any atom is 0.228 e. The first-order valence-electron chi connectivity index (χ1n) is 7.03. The molecular weight excluding hydrogens is 280 g/mol. The molecule has 0 spiro atoms. The van der Waals surface area contributed by atoms with Crippen molar-refractivity contribution in [3.05, 3.63) is 47.8 Å². The van der Waals surface area contributed by atoms with Crippen molar-refractivity contribution in [1.82, 2.24) is 4.98 Å². The van der Waals surface area contributed by atoms with E-state index in [9.17, 15) is 15.0 Å². The van der Waals surface area contributed by atoms with Crippen molar-refractivity contribution in [3.63, 3.8) is 0 Å². The maximum atomic E-state index is 12.1. The number of phenolic OH excluding ortho intramolecular Hbond substituents is 2. The zero-order valence-electron chi connectivity index (χ0n) is 12.9. The number of anilines is 1. The normalized spacial score (nSPS) is 11.2. The predicted octanol–water partition coefficient (Wildman–Crippen LogP) is 2.97. The van der Waals surface area contributed by atoms with Crippen LogP contribution in [0.25, 0.3) is 0 Å². The number of aromatic nitrogens is 1. The van der Waals surface area contributed by atoms with Gasteiger partial charge in [-0.25, -0.2) is 0 Å². The molecule has 0 radical (unpaired) electrons. The summed E-state index contributed by atoms with van der Waals surface area (Å²) < 4.78 is 0. The minimum Gasteiger partial charge on any atom is -0.506 e. The molecule has 5 nitrogen and oxygen atoms in total. The minimum absolute atomic E-state index is 0.0477. The number of rotatable bonds is 3. The standard InChI is InChI=1S/C17H20N2O3/c1-17(2,3)12-4-5-13(20)15(16(12)22)19-14(21)10-11-6-8-18-9-7-11/h4-9,20,22H,10H2,1-3H3,(H,19,21). The first kappa shape index (κ1) is 15.8. The molecule has 2 rings (SSSR count). The van der Waals surface area contributed by atoms with E-state index in [1.54, 1.807) is 30.6 Å². The van der Waals surface area contributed by atoms with Crippen LogP contribution in [0.4, 0.5) is 5.69 Å². The van der Waals surface area contributed by atoms with Crippen molar-refractivity contribution >= 4 is 11.6 Å². The Kier molecular flexibility index (Phi) is 4.35. The Balaban J connectivity index is 2.24. The van der Waals surface area contributed by atoms with Gasteiger partial charge in [-0.05, 0) is 29.2 Å². The van der Waals surface area contributed by atoms with E-state index in [0.717, 1.165) is 5.56 Å². The van der Waals surface area contributed by atoms with Crippen LogP contribution >= 0.6 is 0 Å². The second kappa shape index (κ2) is 6.05. The average molecular weight is 300 g/mol. The molecule has 1 amide bonds. The van der Waals surface area contributed by atoms with E-state index in [2.05, 4.69) is 10.3 Å². The lowest BCUT2D eigenvalue weighted by Crippen LogP contribution is -2.17. The van der Waals surface area contributed by atoms with Crippen LogP contribution in [0.3, 0.4) is 0 Å². The van der Waals surface area contributed by atoms with Crippen LogP contribution in [0, 0.1) is 0 Å². The number of carbonyl (C=O) groups excluding carboxylic acids is 1. The van der Waals surface area contributed by atoms with E-state index in [4.69, 9.17) is 0 Å². The molecule has 116 valence electrons. The number of pyridine rings is 1. The molecule has 1 heterocycles. The molecule has 0 fully saturated rings. The summed E-state index contributed by atoms with van der Waals surface area (Å²) in [5.41, 5.74) is 1.21. The fourth-order valence-corrected chi connectivity index (χ4v) is 2.18. The molecule has 5 heteroatoms. The third-order valence-corrected chi connectivity index (χ3v) is 3.34. The lowest BCUT2D eigenvalue weighted by Gasteiger charge is -2.22. The van der Waals surface area contributed by atoms with Gasteiger partial charge in [0.2, 0.25) is 5.91 Å². The SMILES string of the molecule is CC(C)(C)c1ccc(O)c(NC(=O)Cc2ccncc2)c1O. The van der Waals surface area contributed by atoms with E-state index in [-0.39, 0.29) is 34.9 Å². The molecule has 1 aromatic heterocycles. The smallest absolute Gasteiger partial charge is 0.228 e. The zero-order valence-corrected chi connectivity index (χ0v) is 12.9. The lowest BCUT2D eigenvalue weighted by molar-refractivity contribution is -0.115. The van der Waals surface area contributed by atoms with Crippen LogP contribution in [0.2, 0.25) is 0 Å². The second-order valence-electron chi connectivity index (χ2n) is 6.19. The Morgan fingerprint density at radius 1 is 1.14 bits per heavy atom. The Bertz CT molecular complexity index is 676. The lowest BCUT2D eigenvalue weighted by atomic mass is 9.86. The fraction of sp³-hybridized carbons (Fsp3) is 0.294. The van der Waals surface area contributed by atoms with E-state index < -0.39 is 0 Å². The number of carbonyl (C=O) groups is 1. The molecule has 0 unspecified atom stereocenters. The molecule has 3 N–H and O–H groups in total. The Hall–Kier alpha value is -2.56. The number of aromatic hydroxyl groups is 2. The highest BCUT2D eigenvalue weighted by Gasteiger charge is 2.23. The Labute approximate surface area is 129 Å². The van der Waals surface area contributed by atoms with Crippen LogP contribution in [0.1, 0.15) is 31.9 Å². The Morgan fingerprint density at radius 2 is 1.77 bits per heavy atom. The predicted molar refractivity (Wildman–Crippen MR) is 85.0 cm³/mol. The van der Waals surface area contributed by atoms with E-state index in [1.165, 1.54) is 6.07 Å². The third-order valence-electron chi connectivity index (χ3n) is 3.34. The van der Waals surface area contributed by atoms with Crippen LogP contribution in [-0.4, -0.2) is 21.1 Å². The number of hydrogen-bond acceptors (Lipinski definition) is 4. The molecule has 0 aliphatic heterocycles. The maximum absolute atomic E-state index is 12.1. The second-order valence-corrected chi connectivity index (χ2v) is 6.19. The summed E-state index contributed by atoms with van der Waals surface area (Å²) in [6, 6.07) is 6.61. The number of nitrogens with one attached hydrogen (secondary N) is 1. The average Bonchev–Trinajstić information content (AvgIpc) is 2.43. The van der Waals surface area contributed by atoms with Crippen molar-refractivity contribution < 1.29 is 15.0 Å². The first-order chi connectivity index (χ1) is 10.3. The zero-order chi connectivity index (χ0) is 16.3. The Morgan fingerprint density at radius 3 is 2.36 bits per heavy atom. The highest BCUT2D eigenvalue weighted by Crippen LogP contribution is 2.41. The van der Waals surface area contributed by atoms with Crippen molar-refractivity contribution in [1.29, 1.82) is 0 Å². The van der Waals surface area contributed by atoms with Gasteiger partial charge >= 0.3 is 0 Å². The van der Waals surface area contributed by atoms with Crippen molar-refractivity contribution in [2.24, 2.45) is 0 Å². The largest absolute Gasteiger partial charge is 0.506 e. The van der Waals surface area contributed by atoms with Gasteiger partial charge in [-0.1, -0.05) is 26.8 Å². The molecule has 0 aliphatic rings. The van der Waals surface area contributed by atoms with Crippen LogP contribution < -0.4 is 5.32 Å². The van der Waals surface area contributed by atoms with Gasteiger partial charge in [0, 0.05) is 18.0 Å². The first-order valence-corrected chi connectivity index (χ1v) is 7.03. The van der Waals surface area contributed by atoms with E-state index in [0.29, 0.717) is 5.56 Å². The van der Waals surface area contributed by atoms with E-state index >= 15 is 0 Å². The van der Waals surface area contributed by atoms with Crippen molar-refractivity contribution in [2.75, 3.05) is 5.32 Å². The summed E-state index contributed by atoms with van der Waals surface area (Å²) in [6.45, 7) is 5.84. The molecule has 0 saturated heterocycles. The van der Waals surface area contributed by atoms with Crippen molar-refractivity contribution in [3.8, 4) is 11.5 Å². The summed E-state index contributed by atoms with van der Waals surface area (Å²) in [5.74, 6) is -0.577. The van der Waals surface area contributed by atoms with Gasteiger partial charge in [-0.15, -0.1) is 0 Å². The van der Waals surface area contributed by atoms with Gasteiger partial charge in [0.05, 0.1) is 6.42 Å². The molecule has 1 aromatic carbocycles. The van der Waals surface area contributed by atoms with Gasteiger partial charge in [0.25, 0.3) is 0 Å². The van der Waals surface area contributed by atoms with Crippen LogP contribution in [0.5, 0.6) is 11.5 Å². The number of benzene rings is 1. The van der Waals surface area contributed by atoms with Gasteiger partial charge in [-0.2, -0.15) is 0 Å². The summed E-state index contributed by atoms with van der Waals surface area (Å²) in [4.78, 5) is 16.0.